The van der Waals surface area contributed by atoms with Crippen molar-refractivity contribution >= 4 is 11.8 Å². The van der Waals surface area contributed by atoms with E-state index in [4.69, 9.17) is 0 Å². The minimum Gasteiger partial charge on any atom is -0.354 e. The molecule has 142 valence electrons. The number of likely N-dealkylation sites (tertiary alicyclic amines) is 1. The average Bonchev–Trinajstić information content (AvgIpc) is 3.07. The number of amides is 2. The van der Waals surface area contributed by atoms with E-state index in [0.717, 1.165) is 5.56 Å². The number of carbonyl (C=O) groups excluding carboxylic acids is 2. The van der Waals surface area contributed by atoms with Crippen molar-refractivity contribution in [2.45, 2.75) is 25.8 Å². The number of rotatable bonds is 4. The Kier molecular flexibility index (Phi) is 5.54. The van der Waals surface area contributed by atoms with Crippen LogP contribution in [0.4, 0.5) is 8.78 Å². The van der Waals surface area contributed by atoms with Crippen molar-refractivity contribution < 1.29 is 18.4 Å². The molecular weight excluding hydrogens is 350 g/mol. The third kappa shape index (κ3) is 4.15. The lowest BCUT2D eigenvalue weighted by atomic mass is 9.88. The third-order valence-electron chi connectivity index (χ3n) is 4.78. The van der Waals surface area contributed by atoms with Gasteiger partial charge in [-0.15, -0.1) is 0 Å². The molecule has 4 nitrogen and oxygen atoms in total. The van der Waals surface area contributed by atoms with Crippen LogP contribution in [0, 0.1) is 17.6 Å². The van der Waals surface area contributed by atoms with Crippen LogP contribution in [0.25, 0.3) is 0 Å². The second kappa shape index (κ2) is 7.86. The molecule has 0 aromatic heterocycles. The summed E-state index contributed by atoms with van der Waals surface area (Å²) in [6, 6.07) is 11.7. The van der Waals surface area contributed by atoms with E-state index < -0.39 is 17.6 Å². The maximum Gasteiger partial charge on any atom is 0.256 e. The van der Waals surface area contributed by atoms with Crippen molar-refractivity contribution in [2.75, 3.05) is 13.1 Å². The predicted octanol–water partition coefficient (Wildman–Crippen LogP) is 3.35. The predicted molar refractivity (Wildman–Crippen MR) is 98.2 cm³/mol. The van der Waals surface area contributed by atoms with Crippen LogP contribution in [-0.4, -0.2) is 35.8 Å². The Balaban J connectivity index is 1.88. The molecule has 1 saturated heterocycles. The highest BCUT2D eigenvalue weighted by atomic mass is 19.1. The van der Waals surface area contributed by atoms with E-state index in [-0.39, 0.29) is 42.3 Å². The van der Waals surface area contributed by atoms with Gasteiger partial charge in [0, 0.05) is 25.0 Å². The number of nitrogens with zero attached hydrogens (tertiary/aromatic N) is 1. The van der Waals surface area contributed by atoms with Gasteiger partial charge in [0.2, 0.25) is 5.91 Å². The molecule has 1 aliphatic rings. The van der Waals surface area contributed by atoms with Gasteiger partial charge >= 0.3 is 0 Å². The summed E-state index contributed by atoms with van der Waals surface area (Å²) in [5.41, 5.74) is 0.768. The molecule has 1 heterocycles. The minimum atomic E-state index is -0.587. The van der Waals surface area contributed by atoms with Gasteiger partial charge in [-0.2, -0.15) is 0 Å². The van der Waals surface area contributed by atoms with Crippen molar-refractivity contribution in [1.82, 2.24) is 10.2 Å². The summed E-state index contributed by atoms with van der Waals surface area (Å²) in [7, 11) is 0. The molecule has 1 aliphatic heterocycles. The monoisotopic (exact) mass is 372 g/mol. The summed E-state index contributed by atoms with van der Waals surface area (Å²) in [5.74, 6) is -2.31. The highest BCUT2D eigenvalue weighted by molar-refractivity contribution is 5.95. The molecule has 1 fully saturated rings. The molecule has 0 aliphatic carbocycles. The van der Waals surface area contributed by atoms with Crippen LogP contribution in [0.5, 0.6) is 0 Å². The first-order valence-corrected chi connectivity index (χ1v) is 8.96. The van der Waals surface area contributed by atoms with Crippen LogP contribution in [0.1, 0.15) is 35.7 Å². The number of carbonyl (C=O) groups is 2. The fourth-order valence-electron chi connectivity index (χ4n) is 3.48. The topological polar surface area (TPSA) is 49.4 Å². The Morgan fingerprint density at radius 1 is 1.04 bits per heavy atom. The second-order valence-corrected chi connectivity index (χ2v) is 7.12. The fourth-order valence-corrected chi connectivity index (χ4v) is 3.48. The molecule has 2 aromatic rings. The molecule has 3 rings (SSSR count). The summed E-state index contributed by atoms with van der Waals surface area (Å²) in [6.07, 6.45) is 0. The van der Waals surface area contributed by atoms with Crippen LogP contribution in [0.15, 0.2) is 48.5 Å². The molecule has 0 spiro atoms. The second-order valence-electron chi connectivity index (χ2n) is 7.12. The highest BCUT2D eigenvalue weighted by Gasteiger charge is 2.41. The molecule has 0 saturated carbocycles. The summed E-state index contributed by atoms with van der Waals surface area (Å²) in [4.78, 5) is 27.0. The van der Waals surface area contributed by atoms with Crippen molar-refractivity contribution in [1.29, 1.82) is 0 Å². The lowest BCUT2D eigenvalue weighted by molar-refractivity contribution is -0.125. The number of benzene rings is 2. The van der Waals surface area contributed by atoms with Crippen molar-refractivity contribution in [3.8, 4) is 0 Å². The standard InChI is InChI=1S/C21H22F2N2O2/c1-13(2)24-20(26)18-12-25(21(27)16-5-3-4-6-19(16)23)11-17(18)14-7-9-15(22)10-8-14/h3-10,13,17-18H,11-12H2,1-2H3,(H,24,26). The third-order valence-corrected chi connectivity index (χ3v) is 4.78. The van der Waals surface area contributed by atoms with Crippen LogP contribution in [-0.2, 0) is 4.79 Å². The Labute approximate surface area is 157 Å². The molecule has 2 atom stereocenters. The SMILES string of the molecule is CC(C)NC(=O)C1CN(C(=O)c2ccccc2F)CC1c1ccc(F)cc1. The van der Waals surface area contributed by atoms with Crippen LogP contribution >= 0.6 is 0 Å². The summed E-state index contributed by atoms with van der Waals surface area (Å²) in [6.45, 7) is 4.19. The van der Waals surface area contributed by atoms with Gasteiger partial charge in [0.25, 0.3) is 5.91 Å². The Morgan fingerprint density at radius 2 is 1.70 bits per heavy atom. The maximum absolute atomic E-state index is 14.0. The molecule has 2 aromatic carbocycles. The van der Waals surface area contributed by atoms with Crippen LogP contribution in [0.3, 0.4) is 0 Å². The van der Waals surface area contributed by atoms with Gasteiger partial charge in [-0.25, -0.2) is 8.78 Å². The van der Waals surface area contributed by atoms with Gasteiger partial charge in [0.05, 0.1) is 11.5 Å². The van der Waals surface area contributed by atoms with Gasteiger partial charge in [-0.3, -0.25) is 9.59 Å². The molecule has 2 amide bonds. The lowest BCUT2D eigenvalue weighted by Gasteiger charge is -2.19. The first kappa shape index (κ1) is 19.0. The van der Waals surface area contributed by atoms with Gasteiger partial charge in [0.1, 0.15) is 11.6 Å². The van der Waals surface area contributed by atoms with E-state index in [9.17, 15) is 18.4 Å². The zero-order valence-corrected chi connectivity index (χ0v) is 15.3. The van der Waals surface area contributed by atoms with Crippen molar-refractivity contribution in [2.24, 2.45) is 5.92 Å². The molecule has 2 unspecified atom stereocenters. The first-order chi connectivity index (χ1) is 12.9. The zero-order valence-electron chi connectivity index (χ0n) is 15.3. The number of hydrogen-bond acceptors (Lipinski definition) is 2. The minimum absolute atomic E-state index is 0.0136. The molecule has 1 N–H and O–H groups in total. The Hall–Kier alpha value is -2.76. The van der Waals surface area contributed by atoms with Crippen LogP contribution in [0.2, 0.25) is 0 Å². The number of nitrogens with one attached hydrogen (secondary N) is 1. The van der Waals surface area contributed by atoms with E-state index in [2.05, 4.69) is 5.32 Å². The van der Waals surface area contributed by atoms with E-state index >= 15 is 0 Å². The highest BCUT2D eigenvalue weighted by Crippen LogP contribution is 2.34. The van der Waals surface area contributed by atoms with E-state index in [1.54, 1.807) is 18.2 Å². The maximum atomic E-state index is 14.0. The largest absolute Gasteiger partial charge is 0.354 e. The van der Waals surface area contributed by atoms with Gasteiger partial charge in [-0.1, -0.05) is 24.3 Å². The zero-order chi connectivity index (χ0) is 19.6. The van der Waals surface area contributed by atoms with Gasteiger partial charge in [0.15, 0.2) is 0 Å². The van der Waals surface area contributed by atoms with Gasteiger partial charge < -0.3 is 10.2 Å². The molecular formula is C21H22F2N2O2. The lowest BCUT2D eigenvalue weighted by Crippen LogP contribution is -2.39. The Bertz CT molecular complexity index is 836. The van der Waals surface area contributed by atoms with Crippen molar-refractivity contribution in [3.63, 3.8) is 0 Å². The molecule has 0 bridgehead atoms. The van der Waals surface area contributed by atoms with Gasteiger partial charge in [-0.05, 0) is 43.7 Å². The summed E-state index contributed by atoms with van der Waals surface area (Å²) in [5, 5.41) is 2.88. The van der Waals surface area contributed by atoms with Crippen LogP contribution < -0.4 is 5.32 Å². The first-order valence-electron chi connectivity index (χ1n) is 8.96. The summed E-state index contributed by atoms with van der Waals surface area (Å²) < 4.78 is 27.3. The average molecular weight is 372 g/mol. The fraction of sp³-hybridized carbons (Fsp3) is 0.333. The Morgan fingerprint density at radius 3 is 2.33 bits per heavy atom. The van der Waals surface area contributed by atoms with E-state index in [0.29, 0.717) is 0 Å². The van der Waals surface area contributed by atoms with Crippen molar-refractivity contribution in [3.05, 3.63) is 71.3 Å². The van der Waals surface area contributed by atoms with E-state index in [1.807, 2.05) is 13.8 Å². The quantitative estimate of drug-likeness (QED) is 0.895. The molecule has 6 heteroatoms. The number of halogens is 2. The number of hydrogen-bond donors (Lipinski definition) is 1. The summed E-state index contributed by atoms with van der Waals surface area (Å²) >= 11 is 0. The normalized spacial score (nSPS) is 19.4. The molecule has 27 heavy (non-hydrogen) atoms. The molecule has 0 radical (unpaired) electrons. The smallest absolute Gasteiger partial charge is 0.256 e. The van der Waals surface area contributed by atoms with E-state index in [1.165, 1.54) is 35.2 Å².